The lowest BCUT2D eigenvalue weighted by Gasteiger charge is -2.14. The van der Waals surface area contributed by atoms with Gasteiger partial charge in [0.15, 0.2) is 0 Å². The first-order valence-corrected chi connectivity index (χ1v) is 9.20. The first-order chi connectivity index (χ1) is 14.2. The zero-order chi connectivity index (χ0) is 20.1. The molecule has 0 radical (unpaired) electrons. The van der Waals surface area contributed by atoms with E-state index in [1.165, 1.54) is 0 Å². The summed E-state index contributed by atoms with van der Waals surface area (Å²) in [6, 6.07) is 13.0. The summed E-state index contributed by atoms with van der Waals surface area (Å²) in [7, 11) is 0. The van der Waals surface area contributed by atoms with Crippen molar-refractivity contribution in [2.45, 2.75) is 6.92 Å². The molecule has 0 bridgehead atoms. The number of hydrogen-bond donors (Lipinski definition) is 2. The molecule has 3 heterocycles. The second-order valence-corrected chi connectivity index (χ2v) is 6.24. The Morgan fingerprint density at radius 2 is 1.86 bits per heavy atom. The fraction of sp³-hybridized carbons (Fsp3) is 0.0909. The van der Waals surface area contributed by atoms with E-state index in [1.54, 1.807) is 31.0 Å². The smallest absolute Gasteiger partial charge is 0.320 e. The van der Waals surface area contributed by atoms with Crippen molar-refractivity contribution in [3.8, 4) is 22.6 Å². The van der Waals surface area contributed by atoms with Crippen LogP contribution >= 0.6 is 0 Å². The van der Waals surface area contributed by atoms with Crippen molar-refractivity contribution in [1.29, 1.82) is 0 Å². The van der Waals surface area contributed by atoms with Gasteiger partial charge in [-0.3, -0.25) is 15.3 Å². The molecular weight excluding hydrogens is 366 g/mol. The number of pyridine rings is 3. The number of hydrogen-bond acceptors (Lipinski definition) is 5. The average molecular weight is 385 g/mol. The van der Waals surface area contributed by atoms with Crippen LogP contribution in [-0.4, -0.2) is 27.5 Å². The van der Waals surface area contributed by atoms with Crippen LogP contribution < -0.4 is 15.4 Å². The van der Waals surface area contributed by atoms with Crippen LogP contribution in [0.1, 0.15) is 6.92 Å². The van der Waals surface area contributed by atoms with Crippen molar-refractivity contribution in [2.75, 3.05) is 11.9 Å². The monoisotopic (exact) mass is 385 g/mol. The molecule has 0 saturated heterocycles. The van der Waals surface area contributed by atoms with Crippen LogP contribution in [-0.2, 0) is 0 Å². The zero-order valence-corrected chi connectivity index (χ0v) is 15.8. The van der Waals surface area contributed by atoms with Crippen molar-refractivity contribution in [2.24, 2.45) is 0 Å². The molecule has 4 aromatic rings. The van der Waals surface area contributed by atoms with Crippen LogP contribution in [0.5, 0.6) is 11.5 Å². The van der Waals surface area contributed by atoms with E-state index in [0.717, 1.165) is 21.9 Å². The summed E-state index contributed by atoms with van der Waals surface area (Å²) in [6.45, 7) is 2.39. The highest BCUT2D eigenvalue weighted by atomic mass is 16.5. The predicted octanol–water partition coefficient (Wildman–Crippen LogP) is 4.63. The van der Waals surface area contributed by atoms with Gasteiger partial charge in [-0.15, -0.1) is 0 Å². The molecule has 3 aromatic heterocycles. The number of carbonyl (C=O) groups excluding carboxylic acids is 1. The largest absolute Gasteiger partial charge is 0.455 e. The molecule has 7 heteroatoms. The molecule has 4 rings (SSSR count). The number of benzene rings is 1. The Labute approximate surface area is 167 Å². The van der Waals surface area contributed by atoms with E-state index in [9.17, 15) is 4.79 Å². The molecule has 1 aromatic carbocycles. The van der Waals surface area contributed by atoms with Crippen molar-refractivity contribution in [3.05, 3.63) is 73.4 Å². The minimum atomic E-state index is -0.299. The molecule has 0 unspecified atom stereocenters. The highest BCUT2D eigenvalue weighted by Crippen LogP contribution is 2.36. The van der Waals surface area contributed by atoms with E-state index < -0.39 is 0 Å². The second-order valence-electron chi connectivity index (χ2n) is 6.24. The molecule has 2 amide bonds. The van der Waals surface area contributed by atoms with Gasteiger partial charge in [0.2, 0.25) is 0 Å². The molecule has 0 fully saturated rings. The molecule has 0 aliphatic rings. The SMILES string of the molecule is CCNC(=O)Nc1cc2c(-c3ccncc3)ccc(Oc3cccnc3)c2cn1. The lowest BCUT2D eigenvalue weighted by Crippen LogP contribution is -2.28. The normalized spacial score (nSPS) is 10.5. The van der Waals surface area contributed by atoms with Crippen LogP contribution in [0.2, 0.25) is 0 Å². The van der Waals surface area contributed by atoms with E-state index in [4.69, 9.17) is 4.74 Å². The summed E-state index contributed by atoms with van der Waals surface area (Å²) in [4.78, 5) is 24.5. The number of fused-ring (bicyclic) bond motifs is 1. The first kappa shape index (κ1) is 18.4. The minimum Gasteiger partial charge on any atom is -0.455 e. The highest BCUT2D eigenvalue weighted by molar-refractivity contribution is 6.02. The van der Waals surface area contributed by atoms with Gasteiger partial charge in [0.1, 0.15) is 17.3 Å². The summed E-state index contributed by atoms with van der Waals surface area (Å²) >= 11 is 0. The summed E-state index contributed by atoms with van der Waals surface area (Å²) in [5.74, 6) is 1.75. The van der Waals surface area contributed by atoms with Gasteiger partial charge in [-0.2, -0.15) is 0 Å². The van der Waals surface area contributed by atoms with E-state index in [2.05, 4.69) is 25.6 Å². The summed E-state index contributed by atoms with van der Waals surface area (Å²) < 4.78 is 6.03. The molecule has 7 nitrogen and oxygen atoms in total. The van der Waals surface area contributed by atoms with E-state index in [0.29, 0.717) is 23.9 Å². The summed E-state index contributed by atoms with van der Waals surface area (Å²) in [5.41, 5.74) is 2.00. The van der Waals surface area contributed by atoms with Crippen LogP contribution in [0, 0.1) is 0 Å². The van der Waals surface area contributed by atoms with Crippen LogP contribution in [0.3, 0.4) is 0 Å². The van der Waals surface area contributed by atoms with Crippen LogP contribution in [0.25, 0.3) is 21.9 Å². The lowest BCUT2D eigenvalue weighted by atomic mass is 9.99. The zero-order valence-electron chi connectivity index (χ0n) is 15.8. The fourth-order valence-corrected chi connectivity index (χ4v) is 3.01. The van der Waals surface area contributed by atoms with Gasteiger partial charge < -0.3 is 10.1 Å². The third-order valence-electron chi connectivity index (χ3n) is 4.29. The number of amides is 2. The van der Waals surface area contributed by atoms with Gasteiger partial charge in [0.25, 0.3) is 0 Å². The van der Waals surface area contributed by atoms with Crippen LogP contribution in [0.4, 0.5) is 10.6 Å². The van der Waals surface area contributed by atoms with Gasteiger partial charge in [0.05, 0.1) is 6.20 Å². The standard InChI is InChI=1S/C22H19N5O2/c1-2-25-22(28)27-21-12-18-17(15-7-10-23-11-8-15)5-6-20(19(18)14-26-21)29-16-4-3-9-24-13-16/h3-14H,2H2,1H3,(H2,25,26,27,28). The van der Waals surface area contributed by atoms with E-state index >= 15 is 0 Å². The number of anilines is 1. The Balaban J connectivity index is 1.81. The molecule has 0 spiro atoms. The Morgan fingerprint density at radius 1 is 1.00 bits per heavy atom. The Kier molecular flexibility index (Phi) is 5.29. The van der Waals surface area contributed by atoms with Gasteiger partial charge in [0, 0.05) is 36.7 Å². The predicted molar refractivity (Wildman–Crippen MR) is 112 cm³/mol. The molecule has 144 valence electrons. The fourth-order valence-electron chi connectivity index (χ4n) is 3.01. The van der Waals surface area contributed by atoms with Gasteiger partial charge in [-0.25, -0.2) is 9.78 Å². The Hall–Kier alpha value is -4.00. The highest BCUT2D eigenvalue weighted by Gasteiger charge is 2.12. The number of nitrogens with zero attached hydrogens (tertiary/aromatic N) is 3. The lowest BCUT2D eigenvalue weighted by molar-refractivity contribution is 0.252. The number of aromatic nitrogens is 3. The maximum absolute atomic E-state index is 11.9. The van der Waals surface area contributed by atoms with Gasteiger partial charge >= 0.3 is 6.03 Å². The number of ether oxygens (including phenoxy) is 1. The molecule has 0 atom stereocenters. The molecule has 0 saturated carbocycles. The van der Waals surface area contributed by atoms with Crippen molar-refractivity contribution >= 4 is 22.6 Å². The van der Waals surface area contributed by atoms with E-state index in [-0.39, 0.29) is 6.03 Å². The average Bonchev–Trinajstić information content (AvgIpc) is 2.75. The maximum Gasteiger partial charge on any atom is 0.320 e. The minimum absolute atomic E-state index is 0.299. The number of urea groups is 1. The molecule has 0 aliphatic heterocycles. The van der Waals surface area contributed by atoms with Crippen molar-refractivity contribution in [1.82, 2.24) is 20.3 Å². The first-order valence-electron chi connectivity index (χ1n) is 9.20. The van der Waals surface area contributed by atoms with Crippen LogP contribution in [0.15, 0.2) is 73.4 Å². The molecular formula is C22H19N5O2. The maximum atomic E-state index is 11.9. The molecule has 2 N–H and O–H groups in total. The van der Waals surface area contributed by atoms with Crippen molar-refractivity contribution in [3.63, 3.8) is 0 Å². The molecule has 29 heavy (non-hydrogen) atoms. The third kappa shape index (κ3) is 4.14. The number of carbonyl (C=O) groups is 1. The second kappa shape index (κ2) is 8.35. The number of rotatable bonds is 5. The third-order valence-corrected chi connectivity index (χ3v) is 4.29. The van der Waals surface area contributed by atoms with Gasteiger partial charge in [-0.1, -0.05) is 6.07 Å². The Bertz CT molecular complexity index is 1130. The molecule has 0 aliphatic carbocycles. The topological polar surface area (TPSA) is 89.0 Å². The van der Waals surface area contributed by atoms with Crippen molar-refractivity contribution < 1.29 is 9.53 Å². The summed E-state index contributed by atoms with van der Waals surface area (Å²) in [5, 5.41) is 7.19. The number of nitrogens with one attached hydrogen (secondary N) is 2. The van der Waals surface area contributed by atoms with Gasteiger partial charge in [-0.05, 0) is 59.8 Å². The Morgan fingerprint density at radius 3 is 2.62 bits per heavy atom. The van der Waals surface area contributed by atoms with E-state index in [1.807, 2.05) is 49.4 Å². The summed E-state index contributed by atoms with van der Waals surface area (Å²) in [6.07, 6.45) is 8.54. The quantitative estimate of drug-likeness (QED) is 0.523.